The first-order valence-electron chi connectivity index (χ1n) is 23.9. The molecule has 4 nitrogen and oxygen atoms in total. The van der Waals surface area contributed by atoms with Crippen LogP contribution in [0, 0.1) is 0 Å². The van der Waals surface area contributed by atoms with E-state index in [-0.39, 0.29) is 0 Å². The summed E-state index contributed by atoms with van der Waals surface area (Å²) in [4.78, 5) is 4.73. The molecule has 2 aliphatic heterocycles. The monoisotopic (exact) mass is 892 g/mol. The van der Waals surface area contributed by atoms with Crippen LogP contribution in [0.2, 0.25) is 0 Å². The molecule has 0 fully saturated rings. The van der Waals surface area contributed by atoms with Crippen molar-refractivity contribution in [2.75, 3.05) is 9.80 Å². The lowest BCUT2D eigenvalue weighted by molar-refractivity contribution is 0.477. The van der Waals surface area contributed by atoms with E-state index in [0.717, 1.165) is 67.9 Å². The van der Waals surface area contributed by atoms with Gasteiger partial charge in [0.05, 0.1) is 22.7 Å². The van der Waals surface area contributed by atoms with Crippen LogP contribution in [0.15, 0.2) is 243 Å². The summed E-state index contributed by atoms with van der Waals surface area (Å²) in [5, 5.41) is 14.4. The van der Waals surface area contributed by atoms with Crippen LogP contribution in [0.25, 0.3) is 86.9 Å². The second kappa shape index (κ2) is 15.1. The minimum atomic E-state index is 0.822. The third-order valence-electron chi connectivity index (χ3n) is 14.5. The van der Waals surface area contributed by atoms with Crippen LogP contribution in [-0.4, -0.2) is 0 Å². The highest BCUT2D eigenvalue weighted by atomic mass is 16.5. The van der Waals surface area contributed by atoms with Gasteiger partial charge in [0.1, 0.15) is 0 Å². The van der Waals surface area contributed by atoms with E-state index in [4.69, 9.17) is 9.47 Å². The summed E-state index contributed by atoms with van der Waals surface area (Å²) in [5.41, 5.74) is 10.8. The van der Waals surface area contributed by atoms with Gasteiger partial charge in [0.25, 0.3) is 0 Å². The normalized spacial score (nSPS) is 12.7. The van der Waals surface area contributed by atoms with Crippen molar-refractivity contribution >= 4 is 98.8 Å². The highest BCUT2D eigenvalue weighted by Crippen LogP contribution is 2.56. The first kappa shape index (κ1) is 38.7. The minimum absolute atomic E-state index is 0.822. The average Bonchev–Trinajstić information content (AvgIpc) is 3.43. The van der Waals surface area contributed by atoms with Crippen molar-refractivity contribution in [2.45, 2.75) is 0 Å². The number of hydrogen-bond donors (Lipinski definition) is 0. The molecule has 13 aromatic carbocycles. The van der Waals surface area contributed by atoms with Gasteiger partial charge in [-0.2, -0.15) is 0 Å². The maximum Gasteiger partial charge on any atom is 0.151 e. The lowest BCUT2D eigenvalue weighted by atomic mass is 9.82. The number of nitrogens with zero attached hydrogens (tertiary/aromatic N) is 2. The molecule has 0 aliphatic carbocycles. The molecule has 0 saturated heterocycles. The number of ether oxygens (including phenoxy) is 2. The van der Waals surface area contributed by atoms with Crippen LogP contribution < -0.4 is 19.3 Å². The molecule has 2 heterocycles. The maximum absolute atomic E-state index is 6.56. The van der Waals surface area contributed by atoms with Gasteiger partial charge in [-0.05, 0) is 172 Å². The number of benzene rings is 13. The molecule has 0 spiro atoms. The number of hydrogen-bond acceptors (Lipinski definition) is 4. The van der Waals surface area contributed by atoms with Crippen molar-refractivity contribution in [3.63, 3.8) is 0 Å². The quantitative estimate of drug-likeness (QED) is 0.130. The van der Waals surface area contributed by atoms with E-state index < -0.39 is 0 Å². The Morgan fingerprint density at radius 2 is 0.543 bits per heavy atom. The zero-order valence-electron chi connectivity index (χ0n) is 37.8. The van der Waals surface area contributed by atoms with Crippen molar-refractivity contribution in [1.82, 2.24) is 0 Å². The summed E-state index contributed by atoms with van der Waals surface area (Å²) in [6, 6.07) is 88.0. The molecule has 0 atom stereocenters. The van der Waals surface area contributed by atoms with E-state index in [1.807, 2.05) is 24.3 Å². The van der Waals surface area contributed by atoms with Gasteiger partial charge in [-0.15, -0.1) is 0 Å². The topological polar surface area (TPSA) is 24.9 Å². The van der Waals surface area contributed by atoms with Crippen LogP contribution in [0.5, 0.6) is 23.0 Å². The lowest BCUT2D eigenvalue weighted by Crippen LogP contribution is -2.16. The van der Waals surface area contributed by atoms with Gasteiger partial charge in [-0.3, -0.25) is 0 Å². The van der Waals surface area contributed by atoms with Crippen molar-refractivity contribution < 1.29 is 9.47 Å². The smallest absolute Gasteiger partial charge is 0.151 e. The van der Waals surface area contributed by atoms with E-state index in [1.54, 1.807) is 0 Å². The summed E-state index contributed by atoms with van der Waals surface area (Å²) in [7, 11) is 0. The molecule has 0 unspecified atom stereocenters. The molecule has 0 bridgehead atoms. The Labute approximate surface area is 404 Å². The molecule has 15 rings (SSSR count). The molecular weight excluding hydrogens is 853 g/mol. The molecule has 0 amide bonds. The predicted molar refractivity (Wildman–Crippen MR) is 292 cm³/mol. The Balaban J connectivity index is 1.13. The van der Waals surface area contributed by atoms with Crippen LogP contribution in [0.4, 0.5) is 34.1 Å². The van der Waals surface area contributed by atoms with Crippen LogP contribution in [-0.2, 0) is 0 Å². The Kier molecular flexibility index (Phi) is 8.33. The Hall–Kier alpha value is -9.38. The van der Waals surface area contributed by atoms with Gasteiger partial charge >= 0.3 is 0 Å². The molecule has 0 saturated carbocycles. The largest absolute Gasteiger partial charge is 0.453 e. The van der Waals surface area contributed by atoms with Crippen LogP contribution in [0.1, 0.15) is 0 Å². The zero-order chi connectivity index (χ0) is 45.9. The van der Waals surface area contributed by atoms with Gasteiger partial charge < -0.3 is 19.3 Å². The minimum Gasteiger partial charge on any atom is -0.453 e. The first-order chi connectivity index (χ1) is 34.7. The summed E-state index contributed by atoms with van der Waals surface area (Å²) in [6.45, 7) is 0. The van der Waals surface area contributed by atoms with E-state index in [1.165, 1.54) is 76.1 Å². The fourth-order valence-corrected chi connectivity index (χ4v) is 11.6. The van der Waals surface area contributed by atoms with Gasteiger partial charge in [0.2, 0.25) is 0 Å². The summed E-state index contributed by atoms with van der Waals surface area (Å²) < 4.78 is 13.1. The highest BCUT2D eigenvalue weighted by Gasteiger charge is 2.30. The Morgan fingerprint density at radius 1 is 0.229 bits per heavy atom. The Bertz CT molecular complexity index is 3980. The molecule has 0 N–H and O–H groups in total. The molecule has 70 heavy (non-hydrogen) atoms. The van der Waals surface area contributed by atoms with Crippen LogP contribution >= 0.6 is 0 Å². The molecule has 0 aromatic heterocycles. The second-order valence-corrected chi connectivity index (χ2v) is 18.3. The molecule has 2 aliphatic rings. The fourth-order valence-electron chi connectivity index (χ4n) is 11.6. The van der Waals surface area contributed by atoms with Gasteiger partial charge in [0.15, 0.2) is 23.0 Å². The molecule has 4 heteroatoms. The van der Waals surface area contributed by atoms with E-state index >= 15 is 0 Å². The zero-order valence-corrected chi connectivity index (χ0v) is 37.8. The van der Waals surface area contributed by atoms with Gasteiger partial charge in [-0.25, -0.2) is 0 Å². The van der Waals surface area contributed by atoms with E-state index in [9.17, 15) is 0 Å². The van der Waals surface area contributed by atoms with Gasteiger partial charge in [-0.1, -0.05) is 158 Å². The van der Waals surface area contributed by atoms with Crippen LogP contribution in [0.3, 0.4) is 0 Å². The third-order valence-corrected chi connectivity index (χ3v) is 14.5. The molecule has 13 aromatic rings. The number of anilines is 6. The van der Waals surface area contributed by atoms with Crippen molar-refractivity contribution in [3.05, 3.63) is 243 Å². The van der Waals surface area contributed by atoms with Gasteiger partial charge in [0, 0.05) is 11.4 Å². The Morgan fingerprint density at radius 3 is 0.929 bits per heavy atom. The third kappa shape index (κ3) is 5.71. The number of para-hydroxylation sites is 8. The SMILES string of the molecule is c1ccc2c(c1)Oc1ccccc1N2c1ccc2c(-c3cc4ccccc4c4ccccc34)c3cc(N4c5ccccc5Oc5ccccc54)ccc3c(-c3cc4ccccc4c4ccccc34)c2c1. The second-order valence-electron chi connectivity index (χ2n) is 18.3. The maximum atomic E-state index is 6.56. The van der Waals surface area contributed by atoms with E-state index in [2.05, 4.69) is 228 Å². The molecular formula is C66H40N2O2. The lowest BCUT2D eigenvalue weighted by Gasteiger charge is -2.33. The van der Waals surface area contributed by atoms with Crippen molar-refractivity contribution in [1.29, 1.82) is 0 Å². The van der Waals surface area contributed by atoms with E-state index in [0.29, 0.717) is 0 Å². The summed E-state index contributed by atoms with van der Waals surface area (Å²) in [5.74, 6) is 3.29. The molecule has 326 valence electrons. The summed E-state index contributed by atoms with van der Waals surface area (Å²) >= 11 is 0. The fraction of sp³-hybridized carbons (Fsp3) is 0. The number of rotatable bonds is 4. The highest BCUT2D eigenvalue weighted by molar-refractivity contribution is 6.29. The number of fused-ring (bicyclic) bond motifs is 12. The standard InChI is InChI=1S/C66H40N2O2/c1-3-19-45-41(17-1)37-53(49-23-7-5-21-47(45)49)65-51-35-33-44(68-59-27-11-15-31-63(59)70-64-32-16-12-28-60(64)68)40-56(51)66(54-38-42-18-2-4-20-46(42)48-22-6-8-24-50(48)54)52-36-34-43(39-55(52)65)67-57-25-9-13-29-61(57)69-62-30-14-10-26-58(62)67/h1-40H. The van der Waals surface area contributed by atoms with Crippen molar-refractivity contribution in [2.24, 2.45) is 0 Å². The van der Waals surface area contributed by atoms with Crippen molar-refractivity contribution in [3.8, 4) is 45.3 Å². The predicted octanol–water partition coefficient (Wildman–Crippen LogP) is 19.1. The first-order valence-corrected chi connectivity index (χ1v) is 23.9. The summed E-state index contributed by atoms with van der Waals surface area (Å²) in [6.07, 6.45) is 0. The average molecular weight is 893 g/mol. The molecule has 0 radical (unpaired) electrons.